The van der Waals surface area contributed by atoms with Gasteiger partial charge in [0.2, 0.25) is 0 Å². The second-order valence-corrected chi connectivity index (χ2v) is 5.48. The average molecular weight is 388 g/mol. The number of hydrogen-bond donors (Lipinski definition) is 0. The SMILES string of the molecule is O=C(COc1c(Br)cccc1Br)c1ccc(F)cc1. The van der Waals surface area contributed by atoms with Crippen LogP contribution in [0, 0.1) is 5.82 Å². The van der Waals surface area contributed by atoms with E-state index in [1.54, 1.807) is 0 Å². The van der Waals surface area contributed by atoms with E-state index in [1.807, 2.05) is 18.2 Å². The molecule has 98 valence electrons. The molecule has 0 atom stereocenters. The second kappa shape index (κ2) is 6.30. The Morgan fingerprint density at radius 3 is 2.21 bits per heavy atom. The summed E-state index contributed by atoms with van der Waals surface area (Å²) in [5, 5.41) is 0. The van der Waals surface area contributed by atoms with Gasteiger partial charge in [-0.2, -0.15) is 0 Å². The van der Waals surface area contributed by atoms with Crippen molar-refractivity contribution >= 4 is 37.6 Å². The van der Waals surface area contributed by atoms with Crippen LogP contribution in [0.4, 0.5) is 4.39 Å². The molecule has 0 saturated carbocycles. The molecule has 0 unspecified atom stereocenters. The zero-order valence-electron chi connectivity index (χ0n) is 9.70. The third kappa shape index (κ3) is 3.64. The zero-order chi connectivity index (χ0) is 13.8. The van der Waals surface area contributed by atoms with Gasteiger partial charge in [0, 0.05) is 5.56 Å². The molecule has 0 aromatic heterocycles. The number of halogens is 3. The maximum atomic E-state index is 12.8. The molecule has 2 aromatic carbocycles. The first-order valence-corrected chi connectivity index (χ1v) is 7.02. The van der Waals surface area contributed by atoms with Gasteiger partial charge in [-0.05, 0) is 68.3 Å². The third-order valence-electron chi connectivity index (χ3n) is 2.43. The molecule has 2 nitrogen and oxygen atoms in total. The van der Waals surface area contributed by atoms with Crippen LogP contribution in [0.5, 0.6) is 5.75 Å². The number of rotatable bonds is 4. The van der Waals surface area contributed by atoms with Crippen LogP contribution in [-0.4, -0.2) is 12.4 Å². The Hall–Kier alpha value is -1.20. The van der Waals surface area contributed by atoms with Crippen molar-refractivity contribution in [2.24, 2.45) is 0 Å². The minimum atomic E-state index is -0.369. The first-order valence-electron chi connectivity index (χ1n) is 5.43. The van der Waals surface area contributed by atoms with Crippen LogP contribution in [0.25, 0.3) is 0 Å². The molecule has 19 heavy (non-hydrogen) atoms. The third-order valence-corrected chi connectivity index (χ3v) is 3.68. The Balaban J connectivity index is 2.06. The summed E-state index contributed by atoms with van der Waals surface area (Å²) in [5.74, 6) is -0.00775. The molecule has 0 fully saturated rings. The Morgan fingerprint density at radius 2 is 1.63 bits per heavy atom. The van der Waals surface area contributed by atoms with Crippen molar-refractivity contribution in [3.05, 3.63) is 62.8 Å². The van der Waals surface area contributed by atoms with Gasteiger partial charge in [-0.25, -0.2) is 4.39 Å². The highest BCUT2D eigenvalue weighted by Gasteiger charge is 2.10. The molecular formula is C14H9Br2FO2. The Kier molecular flexibility index (Phi) is 4.71. The summed E-state index contributed by atoms with van der Waals surface area (Å²) >= 11 is 6.69. The predicted octanol–water partition coefficient (Wildman–Crippen LogP) is 4.61. The Bertz CT molecular complexity index is 577. The molecule has 0 radical (unpaired) electrons. The first kappa shape index (κ1) is 14.2. The standard InChI is InChI=1S/C14H9Br2FO2/c15-11-2-1-3-12(16)14(11)19-8-13(18)9-4-6-10(17)7-5-9/h1-7H,8H2. The molecule has 0 amide bonds. The monoisotopic (exact) mass is 386 g/mol. The van der Waals surface area contributed by atoms with Gasteiger partial charge in [-0.3, -0.25) is 4.79 Å². The van der Waals surface area contributed by atoms with Crippen LogP contribution in [0.3, 0.4) is 0 Å². The highest BCUT2D eigenvalue weighted by molar-refractivity contribution is 9.11. The largest absolute Gasteiger partial charge is 0.483 e. The van der Waals surface area contributed by atoms with Gasteiger partial charge in [-0.15, -0.1) is 0 Å². The molecule has 0 spiro atoms. The molecule has 2 rings (SSSR count). The number of carbonyl (C=O) groups is 1. The van der Waals surface area contributed by atoms with E-state index >= 15 is 0 Å². The Morgan fingerprint density at radius 1 is 1.05 bits per heavy atom. The normalized spacial score (nSPS) is 10.3. The van der Waals surface area contributed by atoms with Gasteiger partial charge in [0.25, 0.3) is 0 Å². The maximum absolute atomic E-state index is 12.8. The maximum Gasteiger partial charge on any atom is 0.200 e. The molecule has 2 aromatic rings. The van der Waals surface area contributed by atoms with Crippen molar-refractivity contribution in [2.75, 3.05) is 6.61 Å². The molecule has 0 bridgehead atoms. The van der Waals surface area contributed by atoms with E-state index in [0.717, 1.165) is 8.95 Å². The van der Waals surface area contributed by atoms with E-state index in [4.69, 9.17) is 4.74 Å². The smallest absolute Gasteiger partial charge is 0.200 e. The summed E-state index contributed by atoms with van der Waals surface area (Å²) in [6.07, 6.45) is 0. The fraction of sp³-hybridized carbons (Fsp3) is 0.0714. The number of para-hydroxylation sites is 1. The van der Waals surface area contributed by atoms with Gasteiger partial charge in [0.15, 0.2) is 12.4 Å². The van der Waals surface area contributed by atoms with Crippen LogP contribution in [0.2, 0.25) is 0 Å². The van der Waals surface area contributed by atoms with Crippen LogP contribution >= 0.6 is 31.9 Å². The fourth-order valence-corrected chi connectivity index (χ4v) is 2.70. The quantitative estimate of drug-likeness (QED) is 0.716. The van der Waals surface area contributed by atoms with Crippen molar-refractivity contribution < 1.29 is 13.9 Å². The highest BCUT2D eigenvalue weighted by Crippen LogP contribution is 2.32. The number of benzene rings is 2. The molecule has 0 aliphatic carbocycles. The van der Waals surface area contributed by atoms with E-state index in [9.17, 15) is 9.18 Å². The lowest BCUT2D eigenvalue weighted by Gasteiger charge is -2.09. The lowest BCUT2D eigenvalue weighted by atomic mass is 10.1. The summed E-state index contributed by atoms with van der Waals surface area (Å²) in [7, 11) is 0. The molecular weight excluding hydrogens is 379 g/mol. The minimum Gasteiger partial charge on any atom is -0.483 e. The van der Waals surface area contributed by atoms with Crippen molar-refractivity contribution in [3.63, 3.8) is 0 Å². The molecule has 0 aliphatic heterocycles. The molecule has 0 aliphatic rings. The summed E-state index contributed by atoms with van der Waals surface area (Å²) in [5.41, 5.74) is 0.421. The summed E-state index contributed by atoms with van der Waals surface area (Å²) in [6, 6.07) is 10.9. The number of Topliss-reactive ketones (excluding diaryl/α,β-unsaturated/α-hetero) is 1. The average Bonchev–Trinajstić information content (AvgIpc) is 2.38. The molecule has 0 N–H and O–H groups in total. The van der Waals surface area contributed by atoms with Gasteiger partial charge in [0.1, 0.15) is 11.6 Å². The Labute approximate surface area is 126 Å². The minimum absolute atomic E-state index is 0.104. The van der Waals surface area contributed by atoms with Crippen molar-refractivity contribution in [1.29, 1.82) is 0 Å². The van der Waals surface area contributed by atoms with Gasteiger partial charge >= 0.3 is 0 Å². The zero-order valence-corrected chi connectivity index (χ0v) is 12.9. The van der Waals surface area contributed by atoms with E-state index in [2.05, 4.69) is 31.9 Å². The van der Waals surface area contributed by atoms with E-state index < -0.39 is 0 Å². The number of carbonyl (C=O) groups excluding carboxylic acids is 1. The number of hydrogen-bond acceptors (Lipinski definition) is 2. The molecule has 5 heteroatoms. The van der Waals surface area contributed by atoms with Crippen molar-refractivity contribution in [2.45, 2.75) is 0 Å². The van der Waals surface area contributed by atoms with E-state index in [-0.39, 0.29) is 18.2 Å². The first-order chi connectivity index (χ1) is 9.08. The van der Waals surface area contributed by atoms with Gasteiger partial charge < -0.3 is 4.74 Å². The van der Waals surface area contributed by atoms with Crippen LogP contribution in [0.1, 0.15) is 10.4 Å². The van der Waals surface area contributed by atoms with Crippen LogP contribution in [-0.2, 0) is 0 Å². The molecule has 0 heterocycles. The van der Waals surface area contributed by atoms with Crippen LogP contribution in [0.15, 0.2) is 51.4 Å². The van der Waals surface area contributed by atoms with Crippen molar-refractivity contribution in [3.8, 4) is 5.75 Å². The van der Waals surface area contributed by atoms with Gasteiger partial charge in [-0.1, -0.05) is 6.07 Å². The number of ether oxygens (including phenoxy) is 1. The molecule has 0 saturated heterocycles. The number of ketones is 1. The van der Waals surface area contributed by atoms with E-state index in [0.29, 0.717) is 11.3 Å². The lowest BCUT2D eigenvalue weighted by molar-refractivity contribution is 0.0920. The predicted molar refractivity (Wildman–Crippen MR) is 78.1 cm³/mol. The summed E-state index contributed by atoms with van der Waals surface area (Å²) in [4.78, 5) is 11.9. The topological polar surface area (TPSA) is 26.3 Å². The van der Waals surface area contributed by atoms with E-state index in [1.165, 1.54) is 24.3 Å². The van der Waals surface area contributed by atoms with Gasteiger partial charge in [0.05, 0.1) is 8.95 Å². The summed E-state index contributed by atoms with van der Waals surface area (Å²) < 4.78 is 19.7. The summed E-state index contributed by atoms with van der Waals surface area (Å²) in [6.45, 7) is -0.104. The van der Waals surface area contributed by atoms with Crippen molar-refractivity contribution in [1.82, 2.24) is 0 Å². The lowest BCUT2D eigenvalue weighted by Crippen LogP contribution is -2.12. The van der Waals surface area contributed by atoms with Crippen LogP contribution < -0.4 is 4.74 Å². The highest BCUT2D eigenvalue weighted by atomic mass is 79.9. The second-order valence-electron chi connectivity index (χ2n) is 3.77. The fourth-order valence-electron chi connectivity index (χ4n) is 1.48.